The highest BCUT2D eigenvalue weighted by Gasteiger charge is 2.30. The average molecular weight is 269 g/mol. The van der Waals surface area contributed by atoms with Gasteiger partial charge in [-0.05, 0) is 44.4 Å². The third-order valence-electron chi connectivity index (χ3n) is 3.58. The molecule has 2 N–H and O–H groups in total. The Morgan fingerprint density at radius 1 is 1.22 bits per heavy atom. The van der Waals surface area contributed by atoms with Crippen molar-refractivity contribution in [3.05, 3.63) is 29.8 Å². The smallest absolute Gasteiger partial charge is 0.227 e. The first-order valence-electron chi connectivity index (χ1n) is 6.23. The predicted octanol–water partition coefficient (Wildman–Crippen LogP) is 2.63. The molecule has 0 saturated carbocycles. The molecule has 3 nitrogen and oxygen atoms in total. The molecule has 0 aromatic heterocycles. The Morgan fingerprint density at radius 3 is 2.22 bits per heavy atom. The number of anilines is 1. The Kier molecular flexibility index (Phi) is 5.03. The second-order valence-electron chi connectivity index (χ2n) is 4.99. The normalized spacial score (nSPS) is 22.7. The maximum Gasteiger partial charge on any atom is 0.227 e. The minimum absolute atomic E-state index is 0. The summed E-state index contributed by atoms with van der Waals surface area (Å²) in [7, 11) is 0. The number of hydrogen-bond acceptors (Lipinski definition) is 2. The second-order valence-corrected chi connectivity index (χ2v) is 4.99. The highest BCUT2D eigenvalue weighted by atomic mass is 35.5. The van der Waals surface area contributed by atoms with Crippen LogP contribution in [0.3, 0.4) is 0 Å². The van der Waals surface area contributed by atoms with Crippen LogP contribution >= 0.6 is 12.4 Å². The van der Waals surface area contributed by atoms with Gasteiger partial charge in [-0.2, -0.15) is 0 Å². The lowest BCUT2D eigenvalue weighted by Crippen LogP contribution is -2.39. The van der Waals surface area contributed by atoms with E-state index in [-0.39, 0.29) is 18.3 Å². The van der Waals surface area contributed by atoms with E-state index in [9.17, 15) is 4.79 Å². The molecule has 2 rings (SSSR count). The lowest BCUT2D eigenvalue weighted by Gasteiger charge is -2.26. The summed E-state index contributed by atoms with van der Waals surface area (Å²) in [6.45, 7) is 4.26. The van der Waals surface area contributed by atoms with E-state index in [1.807, 2.05) is 29.2 Å². The lowest BCUT2D eigenvalue weighted by molar-refractivity contribution is -0.132. The van der Waals surface area contributed by atoms with Crippen LogP contribution in [0.5, 0.6) is 0 Å². The van der Waals surface area contributed by atoms with Gasteiger partial charge in [-0.1, -0.05) is 12.1 Å². The van der Waals surface area contributed by atoms with Gasteiger partial charge in [0.25, 0.3) is 0 Å². The third-order valence-corrected chi connectivity index (χ3v) is 3.58. The first-order chi connectivity index (χ1) is 8.08. The molecule has 2 atom stereocenters. The monoisotopic (exact) mass is 268 g/mol. The van der Waals surface area contributed by atoms with Crippen molar-refractivity contribution in [1.29, 1.82) is 0 Å². The van der Waals surface area contributed by atoms with Crippen molar-refractivity contribution in [2.45, 2.75) is 45.2 Å². The van der Waals surface area contributed by atoms with E-state index >= 15 is 0 Å². The fraction of sp³-hybridized carbons (Fsp3) is 0.500. The summed E-state index contributed by atoms with van der Waals surface area (Å²) in [6.07, 6.45) is 2.72. The summed E-state index contributed by atoms with van der Waals surface area (Å²) in [6, 6.07) is 8.31. The quantitative estimate of drug-likeness (QED) is 0.838. The van der Waals surface area contributed by atoms with Gasteiger partial charge in [0.2, 0.25) is 5.91 Å². The van der Waals surface area contributed by atoms with Crippen molar-refractivity contribution in [2.24, 2.45) is 0 Å². The summed E-state index contributed by atoms with van der Waals surface area (Å²) < 4.78 is 0. The van der Waals surface area contributed by atoms with Crippen LogP contribution in [0.2, 0.25) is 0 Å². The van der Waals surface area contributed by atoms with Crippen molar-refractivity contribution >= 4 is 24.0 Å². The number of benzene rings is 1. The fourth-order valence-corrected chi connectivity index (χ4v) is 2.59. The number of rotatable bonds is 2. The number of nitrogens with two attached hydrogens (primary N) is 1. The number of nitrogen functional groups attached to an aromatic ring is 1. The van der Waals surface area contributed by atoms with Gasteiger partial charge in [0.15, 0.2) is 0 Å². The molecular formula is C14H21ClN2O. The van der Waals surface area contributed by atoms with Crippen LogP contribution in [0.15, 0.2) is 24.3 Å². The first-order valence-corrected chi connectivity index (χ1v) is 6.23. The number of likely N-dealkylation sites (tertiary alicyclic amines) is 1. The van der Waals surface area contributed by atoms with Crippen molar-refractivity contribution in [1.82, 2.24) is 4.90 Å². The largest absolute Gasteiger partial charge is 0.399 e. The van der Waals surface area contributed by atoms with Crippen LogP contribution in [0.1, 0.15) is 32.3 Å². The molecule has 4 heteroatoms. The highest BCUT2D eigenvalue weighted by molar-refractivity contribution is 5.85. The summed E-state index contributed by atoms with van der Waals surface area (Å²) in [5.74, 6) is 0.229. The number of carbonyl (C=O) groups excluding carboxylic acids is 1. The van der Waals surface area contributed by atoms with Crippen LogP contribution < -0.4 is 5.73 Å². The van der Waals surface area contributed by atoms with Gasteiger partial charge in [0.05, 0.1) is 6.42 Å². The summed E-state index contributed by atoms with van der Waals surface area (Å²) >= 11 is 0. The molecule has 1 aromatic carbocycles. The van der Waals surface area contributed by atoms with Gasteiger partial charge in [-0.15, -0.1) is 12.4 Å². The maximum atomic E-state index is 12.2. The molecule has 1 saturated heterocycles. The molecule has 0 aliphatic carbocycles. The van der Waals surface area contributed by atoms with Crippen LogP contribution in [0.4, 0.5) is 5.69 Å². The Morgan fingerprint density at radius 2 is 1.72 bits per heavy atom. The van der Waals surface area contributed by atoms with Gasteiger partial charge in [-0.25, -0.2) is 0 Å². The lowest BCUT2D eigenvalue weighted by atomic mass is 10.1. The predicted molar refractivity (Wildman–Crippen MR) is 76.8 cm³/mol. The van der Waals surface area contributed by atoms with Crippen molar-refractivity contribution < 1.29 is 4.79 Å². The highest BCUT2D eigenvalue weighted by Crippen LogP contribution is 2.24. The van der Waals surface area contributed by atoms with E-state index in [2.05, 4.69) is 13.8 Å². The third kappa shape index (κ3) is 3.16. The van der Waals surface area contributed by atoms with Crippen molar-refractivity contribution in [3.63, 3.8) is 0 Å². The zero-order valence-electron chi connectivity index (χ0n) is 10.9. The van der Waals surface area contributed by atoms with Gasteiger partial charge in [0.1, 0.15) is 0 Å². The van der Waals surface area contributed by atoms with Crippen molar-refractivity contribution in [3.8, 4) is 0 Å². The maximum absolute atomic E-state index is 12.2. The van der Waals surface area contributed by atoms with E-state index in [0.717, 1.165) is 24.1 Å². The molecule has 0 spiro atoms. The van der Waals surface area contributed by atoms with E-state index in [0.29, 0.717) is 18.5 Å². The number of amides is 1. The molecule has 2 unspecified atom stereocenters. The van der Waals surface area contributed by atoms with E-state index < -0.39 is 0 Å². The topological polar surface area (TPSA) is 46.3 Å². The molecule has 18 heavy (non-hydrogen) atoms. The molecule has 0 radical (unpaired) electrons. The minimum atomic E-state index is 0. The molecule has 1 amide bonds. The van der Waals surface area contributed by atoms with Crippen LogP contribution in [-0.4, -0.2) is 22.9 Å². The summed E-state index contributed by atoms with van der Waals surface area (Å²) in [4.78, 5) is 14.2. The first kappa shape index (κ1) is 14.8. The van der Waals surface area contributed by atoms with Gasteiger partial charge in [-0.3, -0.25) is 4.79 Å². The van der Waals surface area contributed by atoms with Crippen LogP contribution in [-0.2, 0) is 11.2 Å². The fourth-order valence-electron chi connectivity index (χ4n) is 2.59. The van der Waals surface area contributed by atoms with Gasteiger partial charge in [0, 0.05) is 17.8 Å². The Bertz CT molecular complexity index is 395. The average Bonchev–Trinajstić information content (AvgIpc) is 2.62. The number of halogens is 1. The van der Waals surface area contributed by atoms with Crippen LogP contribution in [0.25, 0.3) is 0 Å². The van der Waals surface area contributed by atoms with Gasteiger partial charge < -0.3 is 10.6 Å². The molecule has 1 aliphatic rings. The van der Waals surface area contributed by atoms with Gasteiger partial charge >= 0.3 is 0 Å². The molecule has 1 aromatic rings. The molecule has 1 fully saturated rings. The zero-order valence-corrected chi connectivity index (χ0v) is 11.7. The number of carbonyl (C=O) groups is 1. The van der Waals surface area contributed by atoms with Crippen molar-refractivity contribution in [2.75, 3.05) is 5.73 Å². The summed E-state index contributed by atoms with van der Waals surface area (Å²) in [5.41, 5.74) is 7.41. The second kappa shape index (κ2) is 6.10. The SMILES string of the molecule is CC1CCC(C)N1C(=O)Cc1ccc(N)cc1.Cl. The zero-order chi connectivity index (χ0) is 12.4. The minimum Gasteiger partial charge on any atom is -0.399 e. The van der Waals surface area contributed by atoms with E-state index in [4.69, 9.17) is 5.73 Å². The Balaban J connectivity index is 0.00000162. The standard InChI is InChI=1S/C14H20N2O.ClH/c1-10-3-4-11(2)16(10)14(17)9-12-5-7-13(15)8-6-12;/h5-8,10-11H,3-4,9,15H2,1-2H3;1H. The molecule has 0 bridgehead atoms. The number of nitrogens with zero attached hydrogens (tertiary/aromatic N) is 1. The molecule has 1 aliphatic heterocycles. The number of hydrogen-bond donors (Lipinski definition) is 1. The molecule has 1 heterocycles. The Hall–Kier alpha value is -1.22. The molecular weight excluding hydrogens is 248 g/mol. The van der Waals surface area contributed by atoms with E-state index in [1.54, 1.807) is 0 Å². The molecule has 100 valence electrons. The Labute approximate surface area is 115 Å². The summed E-state index contributed by atoms with van der Waals surface area (Å²) in [5, 5.41) is 0. The van der Waals surface area contributed by atoms with Crippen LogP contribution in [0, 0.1) is 0 Å². The van der Waals surface area contributed by atoms with E-state index in [1.165, 1.54) is 0 Å².